The van der Waals surface area contributed by atoms with Gasteiger partial charge in [-0.25, -0.2) is 4.57 Å². The number of hydrogen-bond donors (Lipinski definition) is 1. The van der Waals surface area contributed by atoms with Crippen molar-refractivity contribution in [3.05, 3.63) is 29.3 Å². The van der Waals surface area contributed by atoms with Gasteiger partial charge < -0.3 is 9.42 Å². The molecule has 0 spiro atoms. The molecule has 0 aliphatic carbocycles. The fourth-order valence-electron chi connectivity index (χ4n) is 1.92. The third-order valence-corrected chi connectivity index (χ3v) is 3.05. The van der Waals surface area contributed by atoms with Crippen LogP contribution in [0.2, 0.25) is 0 Å². The van der Waals surface area contributed by atoms with Crippen LogP contribution in [0.25, 0.3) is 0 Å². The Morgan fingerprint density at radius 1 is 1.24 bits per heavy atom. The molecule has 0 aromatic heterocycles. The molecule has 0 amide bonds. The standard InChI is InChI=1S/C13H21O3P/c1-4-7-11-9-6-10-13(12(11)8-5-2)16-17(3,14)15/h6,9-10H,4-5,7-8H2,1-3H3,(H,14,15). The molecule has 17 heavy (non-hydrogen) atoms. The third-order valence-electron chi connectivity index (χ3n) is 2.52. The fourth-order valence-corrected chi connectivity index (χ4v) is 2.45. The van der Waals surface area contributed by atoms with Gasteiger partial charge in [0.25, 0.3) is 0 Å². The van der Waals surface area contributed by atoms with Crippen molar-refractivity contribution < 1.29 is 14.0 Å². The molecule has 0 aliphatic heterocycles. The first-order chi connectivity index (χ1) is 7.98. The molecule has 1 N–H and O–H groups in total. The van der Waals surface area contributed by atoms with Gasteiger partial charge in [0.2, 0.25) is 0 Å². The van der Waals surface area contributed by atoms with Gasteiger partial charge in [0.15, 0.2) is 0 Å². The van der Waals surface area contributed by atoms with Gasteiger partial charge in [-0.05, 0) is 30.0 Å². The van der Waals surface area contributed by atoms with Crippen molar-refractivity contribution in [3.8, 4) is 5.75 Å². The van der Waals surface area contributed by atoms with Crippen molar-refractivity contribution in [3.63, 3.8) is 0 Å². The molecule has 4 heteroatoms. The molecule has 1 rings (SSSR count). The third kappa shape index (κ3) is 4.53. The minimum Gasteiger partial charge on any atom is -0.424 e. The van der Waals surface area contributed by atoms with E-state index in [-0.39, 0.29) is 0 Å². The second-order valence-electron chi connectivity index (χ2n) is 4.29. The Morgan fingerprint density at radius 3 is 2.41 bits per heavy atom. The van der Waals surface area contributed by atoms with Crippen LogP contribution in [0.15, 0.2) is 18.2 Å². The van der Waals surface area contributed by atoms with E-state index in [9.17, 15) is 9.46 Å². The van der Waals surface area contributed by atoms with Crippen LogP contribution in [0.5, 0.6) is 5.75 Å². The lowest BCUT2D eigenvalue weighted by atomic mass is 9.99. The first-order valence-corrected chi connectivity index (χ1v) is 8.11. The van der Waals surface area contributed by atoms with Crippen LogP contribution >= 0.6 is 7.60 Å². The zero-order valence-electron chi connectivity index (χ0n) is 10.8. The molecule has 0 radical (unpaired) electrons. The smallest absolute Gasteiger partial charge is 0.373 e. The fraction of sp³-hybridized carbons (Fsp3) is 0.538. The van der Waals surface area contributed by atoms with Crippen molar-refractivity contribution in [1.82, 2.24) is 0 Å². The van der Waals surface area contributed by atoms with Crippen LogP contribution < -0.4 is 4.52 Å². The molecule has 1 atom stereocenters. The molecule has 0 saturated heterocycles. The van der Waals surface area contributed by atoms with E-state index in [0.29, 0.717) is 5.75 Å². The van der Waals surface area contributed by atoms with E-state index in [2.05, 4.69) is 19.9 Å². The molecule has 1 aromatic carbocycles. The first kappa shape index (κ1) is 14.3. The Hall–Kier alpha value is -0.790. The quantitative estimate of drug-likeness (QED) is 0.788. The largest absolute Gasteiger partial charge is 0.424 e. The summed E-state index contributed by atoms with van der Waals surface area (Å²) in [6.07, 6.45) is 3.91. The van der Waals surface area contributed by atoms with Gasteiger partial charge in [-0.1, -0.05) is 38.8 Å². The zero-order valence-corrected chi connectivity index (χ0v) is 11.7. The predicted octanol–water partition coefficient (Wildman–Crippen LogP) is 3.79. The molecule has 0 bridgehead atoms. The second kappa shape index (κ2) is 6.23. The zero-order chi connectivity index (χ0) is 12.9. The average Bonchev–Trinajstić information content (AvgIpc) is 2.21. The summed E-state index contributed by atoms with van der Waals surface area (Å²) in [5.41, 5.74) is 2.30. The molecule has 96 valence electrons. The topological polar surface area (TPSA) is 46.5 Å². The lowest BCUT2D eigenvalue weighted by molar-refractivity contribution is 0.385. The molecule has 1 unspecified atom stereocenters. The maximum atomic E-state index is 11.3. The molecule has 0 heterocycles. The molecular formula is C13H21O3P. The Labute approximate surface area is 103 Å². The Kier molecular flexibility index (Phi) is 5.23. The van der Waals surface area contributed by atoms with Crippen molar-refractivity contribution >= 4 is 7.60 Å². The maximum Gasteiger partial charge on any atom is 0.373 e. The molecular weight excluding hydrogens is 235 g/mol. The minimum atomic E-state index is -3.48. The lowest BCUT2D eigenvalue weighted by Gasteiger charge is -2.16. The van der Waals surface area contributed by atoms with Gasteiger partial charge in [0.1, 0.15) is 5.75 Å². The van der Waals surface area contributed by atoms with Gasteiger partial charge in [-0.3, -0.25) is 0 Å². The minimum absolute atomic E-state index is 0.561. The summed E-state index contributed by atoms with van der Waals surface area (Å²) in [6.45, 7) is 5.44. The SMILES string of the molecule is CCCc1cccc(OP(C)(=O)O)c1CCC. The monoisotopic (exact) mass is 256 g/mol. The highest BCUT2D eigenvalue weighted by Gasteiger charge is 2.16. The highest BCUT2D eigenvalue weighted by Crippen LogP contribution is 2.40. The number of benzene rings is 1. The maximum absolute atomic E-state index is 11.3. The van der Waals surface area contributed by atoms with Crippen LogP contribution in [-0.4, -0.2) is 11.6 Å². The van der Waals surface area contributed by atoms with Gasteiger partial charge in [0, 0.05) is 6.66 Å². The number of rotatable bonds is 6. The first-order valence-electron chi connectivity index (χ1n) is 6.08. The van der Waals surface area contributed by atoms with E-state index < -0.39 is 7.60 Å². The van der Waals surface area contributed by atoms with Crippen LogP contribution in [0.4, 0.5) is 0 Å². The second-order valence-corrected chi connectivity index (χ2v) is 6.08. The van der Waals surface area contributed by atoms with Crippen molar-refractivity contribution in [2.45, 2.75) is 39.5 Å². The van der Waals surface area contributed by atoms with Gasteiger partial charge in [0.05, 0.1) is 0 Å². The Balaban J connectivity index is 3.10. The molecule has 3 nitrogen and oxygen atoms in total. The van der Waals surface area contributed by atoms with Gasteiger partial charge in [-0.15, -0.1) is 0 Å². The summed E-state index contributed by atoms with van der Waals surface area (Å²) in [5, 5.41) is 0. The summed E-state index contributed by atoms with van der Waals surface area (Å²) in [7, 11) is -3.48. The van der Waals surface area contributed by atoms with E-state index in [1.165, 1.54) is 12.2 Å². The number of hydrogen-bond acceptors (Lipinski definition) is 2. The van der Waals surface area contributed by atoms with Gasteiger partial charge >= 0.3 is 7.60 Å². The lowest BCUT2D eigenvalue weighted by Crippen LogP contribution is -1.99. The highest BCUT2D eigenvalue weighted by molar-refractivity contribution is 7.52. The van der Waals surface area contributed by atoms with E-state index in [1.54, 1.807) is 6.07 Å². The summed E-state index contributed by atoms with van der Waals surface area (Å²) in [4.78, 5) is 9.32. The van der Waals surface area contributed by atoms with E-state index >= 15 is 0 Å². The van der Waals surface area contributed by atoms with E-state index in [0.717, 1.165) is 31.2 Å². The van der Waals surface area contributed by atoms with Crippen LogP contribution in [-0.2, 0) is 17.4 Å². The van der Waals surface area contributed by atoms with Crippen molar-refractivity contribution in [1.29, 1.82) is 0 Å². The summed E-state index contributed by atoms with van der Waals surface area (Å²) >= 11 is 0. The molecule has 0 aliphatic rings. The van der Waals surface area contributed by atoms with Gasteiger partial charge in [-0.2, -0.15) is 0 Å². The van der Waals surface area contributed by atoms with Crippen molar-refractivity contribution in [2.75, 3.05) is 6.66 Å². The summed E-state index contributed by atoms with van der Waals surface area (Å²) < 4.78 is 16.5. The summed E-state index contributed by atoms with van der Waals surface area (Å²) in [5.74, 6) is 0.561. The van der Waals surface area contributed by atoms with E-state index in [1.807, 2.05) is 6.07 Å². The molecule has 0 saturated carbocycles. The average molecular weight is 256 g/mol. The normalized spacial score (nSPS) is 14.4. The Bertz CT molecular complexity index is 409. The molecule has 1 aromatic rings. The molecule has 0 fully saturated rings. The van der Waals surface area contributed by atoms with Crippen LogP contribution in [0, 0.1) is 0 Å². The summed E-state index contributed by atoms with van der Waals surface area (Å²) in [6, 6.07) is 5.73. The van der Waals surface area contributed by atoms with E-state index in [4.69, 9.17) is 4.52 Å². The van der Waals surface area contributed by atoms with Crippen LogP contribution in [0.3, 0.4) is 0 Å². The predicted molar refractivity (Wildman–Crippen MR) is 70.8 cm³/mol. The van der Waals surface area contributed by atoms with Crippen LogP contribution in [0.1, 0.15) is 37.8 Å². The Morgan fingerprint density at radius 2 is 1.88 bits per heavy atom. The number of aryl methyl sites for hydroxylation is 1. The highest BCUT2D eigenvalue weighted by atomic mass is 31.2. The van der Waals surface area contributed by atoms with Crippen molar-refractivity contribution in [2.24, 2.45) is 0 Å².